The van der Waals surface area contributed by atoms with E-state index in [1.165, 1.54) is 30.5 Å². The van der Waals surface area contributed by atoms with Crippen LogP contribution in [0.5, 0.6) is 11.6 Å². The van der Waals surface area contributed by atoms with Gasteiger partial charge in [-0.15, -0.1) is 5.10 Å². The summed E-state index contributed by atoms with van der Waals surface area (Å²) in [5.74, 6) is 1.08. The predicted octanol–water partition coefficient (Wildman–Crippen LogP) is 4.83. The molecule has 36 heavy (non-hydrogen) atoms. The molecule has 2 heterocycles. The SMILES string of the molecule is CCOC(=O)c1nnn(Cc2ccc(OC)cc2)c1O[C@H]1C[C@H](c2ccc(N3CCCCC3)cc2)C1. The number of esters is 1. The van der Waals surface area contributed by atoms with Crippen LogP contribution in [0.1, 0.15) is 66.6 Å². The molecule has 0 unspecified atom stereocenters. The highest BCUT2D eigenvalue weighted by molar-refractivity contribution is 5.89. The van der Waals surface area contributed by atoms with E-state index in [4.69, 9.17) is 14.2 Å². The Morgan fingerprint density at radius 1 is 1.00 bits per heavy atom. The average Bonchev–Trinajstić information content (AvgIpc) is 3.29. The molecule has 0 N–H and O–H groups in total. The Kier molecular flexibility index (Phi) is 7.39. The van der Waals surface area contributed by atoms with E-state index in [1.54, 1.807) is 18.7 Å². The molecule has 190 valence electrons. The zero-order valence-electron chi connectivity index (χ0n) is 21.1. The standard InChI is InChI=1S/C28H34N4O4/c1-3-35-28(33)26-27(32(30-29-26)19-20-7-13-24(34-2)14-8-20)36-25-17-22(18-25)21-9-11-23(12-10-21)31-15-5-4-6-16-31/h7-14,22,25H,3-6,15-19H2,1-2H3/t22-,25-. The van der Waals surface area contributed by atoms with Gasteiger partial charge in [-0.2, -0.15) is 0 Å². The lowest BCUT2D eigenvalue weighted by molar-refractivity contribution is 0.0495. The van der Waals surface area contributed by atoms with Crippen molar-refractivity contribution in [1.82, 2.24) is 15.0 Å². The molecule has 0 spiro atoms. The molecule has 1 aromatic heterocycles. The fourth-order valence-corrected chi connectivity index (χ4v) is 4.96. The molecule has 8 heteroatoms. The van der Waals surface area contributed by atoms with Crippen LogP contribution in [0.3, 0.4) is 0 Å². The second-order valence-corrected chi connectivity index (χ2v) is 9.52. The van der Waals surface area contributed by atoms with E-state index in [0.29, 0.717) is 18.3 Å². The Morgan fingerprint density at radius 3 is 2.39 bits per heavy atom. The van der Waals surface area contributed by atoms with E-state index in [9.17, 15) is 4.79 Å². The molecule has 2 fully saturated rings. The summed E-state index contributed by atoms with van der Waals surface area (Å²) in [5.41, 5.74) is 3.78. The topological polar surface area (TPSA) is 78.7 Å². The van der Waals surface area contributed by atoms with Crippen molar-refractivity contribution < 1.29 is 19.0 Å². The largest absolute Gasteiger partial charge is 0.497 e. The van der Waals surface area contributed by atoms with Crippen molar-refractivity contribution in [2.24, 2.45) is 0 Å². The minimum absolute atomic E-state index is 0.00179. The first kappa shape index (κ1) is 24.2. The number of benzene rings is 2. The number of rotatable bonds is 9. The summed E-state index contributed by atoms with van der Waals surface area (Å²) in [6, 6.07) is 16.7. The molecule has 8 nitrogen and oxygen atoms in total. The van der Waals surface area contributed by atoms with E-state index in [0.717, 1.165) is 37.2 Å². The van der Waals surface area contributed by atoms with Gasteiger partial charge in [-0.3, -0.25) is 0 Å². The van der Waals surface area contributed by atoms with Crippen molar-refractivity contribution in [2.45, 2.75) is 57.6 Å². The molecule has 0 amide bonds. The highest BCUT2D eigenvalue weighted by Gasteiger charge is 2.35. The molecule has 0 radical (unpaired) electrons. The molecule has 1 aliphatic carbocycles. The first-order valence-corrected chi connectivity index (χ1v) is 12.9. The second-order valence-electron chi connectivity index (χ2n) is 9.52. The molecule has 1 aliphatic heterocycles. The minimum Gasteiger partial charge on any atom is -0.497 e. The summed E-state index contributed by atoms with van der Waals surface area (Å²) in [6.45, 7) is 4.77. The van der Waals surface area contributed by atoms with Crippen molar-refractivity contribution in [3.05, 3.63) is 65.4 Å². The van der Waals surface area contributed by atoms with Gasteiger partial charge in [0.05, 0.1) is 20.3 Å². The van der Waals surface area contributed by atoms with Gasteiger partial charge in [0.1, 0.15) is 11.9 Å². The Morgan fingerprint density at radius 2 is 1.72 bits per heavy atom. The van der Waals surface area contributed by atoms with Crippen molar-refractivity contribution in [3.8, 4) is 11.6 Å². The van der Waals surface area contributed by atoms with Crippen LogP contribution < -0.4 is 14.4 Å². The highest BCUT2D eigenvalue weighted by atomic mass is 16.5. The molecule has 0 bridgehead atoms. The number of ether oxygens (including phenoxy) is 3. The summed E-state index contributed by atoms with van der Waals surface area (Å²) in [7, 11) is 1.64. The van der Waals surface area contributed by atoms with E-state index in [1.807, 2.05) is 24.3 Å². The Bertz CT molecular complexity index is 1150. The number of carbonyl (C=O) groups is 1. The zero-order chi connectivity index (χ0) is 24.9. The number of aromatic nitrogens is 3. The van der Waals surface area contributed by atoms with E-state index >= 15 is 0 Å². The number of carbonyl (C=O) groups excluding carboxylic acids is 1. The van der Waals surface area contributed by atoms with Crippen LogP contribution in [0.4, 0.5) is 5.69 Å². The monoisotopic (exact) mass is 490 g/mol. The molecule has 2 aliphatic rings. The number of methoxy groups -OCH3 is 1. The molecule has 1 saturated heterocycles. The van der Waals surface area contributed by atoms with Gasteiger partial charge in [-0.25, -0.2) is 9.48 Å². The van der Waals surface area contributed by atoms with Crippen LogP contribution in [0.15, 0.2) is 48.5 Å². The summed E-state index contributed by atoms with van der Waals surface area (Å²) < 4.78 is 18.4. The van der Waals surface area contributed by atoms with Gasteiger partial charge >= 0.3 is 5.97 Å². The molecular formula is C28H34N4O4. The summed E-state index contributed by atoms with van der Waals surface area (Å²) >= 11 is 0. The number of nitrogens with zero attached hydrogens (tertiary/aromatic N) is 4. The van der Waals surface area contributed by atoms with Gasteiger partial charge in [0.15, 0.2) is 0 Å². The summed E-state index contributed by atoms with van der Waals surface area (Å²) in [5, 5.41) is 8.30. The van der Waals surface area contributed by atoms with Gasteiger partial charge in [0.25, 0.3) is 0 Å². The Labute approximate surface area is 212 Å². The fraction of sp³-hybridized carbons (Fsp3) is 0.464. The van der Waals surface area contributed by atoms with Gasteiger partial charge in [-0.1, -0.05) is 29.5 Å². The van der Waals surface area contributed by atoms with Gasteiger partial charge in [0, 0.05) is 18.8 Å². The van der Waals surface area contributed by atoms with E-state index in [2.05, 4.69) is 39.5 Å². The summed E-state index contributed by atoms with van der Waals surface area (Å²) in [4.78, 5) is 15.0. The molecule has 2 aromatic carbocycles. The van der Waals surface area contributed by atoms with E-state index in [-0.39, 0.29) is 18.4 Å². The van der Waals surface area contributed by atoms with Crippen LogP contribution in [0, 0.1) is 0 Å². The van der Waals surface area contributed by atoms with E-state index < -0.39 is 5.97 Å². The normalized spacial score (nSPS) is 19.4. The number of hydrogen-bond acceptors (Lipinski definition) is 7. The molecular weight excluding hydrogens is 456 g/mol. The first-order chi connectivity index (χ1) is 17.6. The molecule has 5 rings (SSSR count). The van der Waals surface area contributed by atoms with Crippen molar-refractivity contribution in [3.63, 3.8) is 0 Å². The van der Waals surface area contributed by atoms with Gasteiger partial charge in [-0.05, 0) is 80.3 Å². The van der Waals surface area contributed by atoms with Crippen molar-refractivity contribution >= 4 is 11.7 Å². The number of anilines is 1. The highest BCUT2D eigenvalue weighted by Crippen LogP contribution is 2.40. The smallest absolute Gasteiger partial charge is 0.364 e. The number of piperidine rings is 1. The van der Waals surface area contributed by atoms with Crippen LogP contribution in [-0.4, -0.2) is 53.9 Å². The third kappa shape index (κ3) is 5.32. The predicted molar refractivity (Wildman–Crippen MR) is 137 cm³/mol. The lowest BCUT2D eigenvalue weighted by atomic mass is 9.77. The first-order valence-electron chi connectivity index (χ1n) is 12.9. The average molecular weight is 491 g/mol. The van der Waals surface area contributed by atoms with Crippen molar-refractivity contribution in [1.29, 1.82) is 0 Å². The third-order valence-corrected chi connectivity index (χ3v) is 7.11. The molecule has 3 aromatic rings. The minimum atomic E-state index is -0.516. The van der Waals surface area contributed by atoms with Crippen molar-refractivity contribution in [2.75, 3.05) is 31.7 Å². The lowest BCUT2D eigenvalue weighted by Gasteiger charge is -2.36. The number of hydrogen-bond donors (Lipinski definition) is 0. The fourth-order valence-electron chi connectivity index (χ4n) is 4.96. The van der Waals surface area contributed by atoms with Crippen LogP contribution in [-0.2, 0) is 11.3 Å². The van der Waals surface area contributed by atoms with Crippen LogP contribution in [0.2, 0.25) is 0 Å². The molecule has 1 saturated carbocycles. The molecule has 0 atom stereocenters. The lowest BCUT2D eigenvalue weighted by Crippen LogP contribution is -2.33. The zero-order valence-corrected chi connectivity index (χ0v) is 21.1. The Hall–Kier alpha value is -3.55. The maximum Gasteiger partial charge on any atom is 0.364 e. The van der Waals surface area contributed by atoms with Crippen LogP contribution in [0.25, 0.3) is 0 Å². The van der Waals surface area contributed by atoms with Gasteiger partial charge in [0.2, 0.25) is 11.6 Å². The second kappa shape index (κ2) is 11.0. The van der Waals surface area contributed by atoms with Gasteiger partial charge < -0.3 is 19.1 Å². The third-order valence-electron chi connectivity index (χ3n) is 7.11. The quantitative estimate of drug-likeness (QED) is 0.398. The maximum absolute atomic E-state index is 12.5. The Balaban J connectivity index is 1.25. The van der Waals surface area contributed by atoms with Crippen LogP contribution >= 0.6 is 0 Å². The maximum atomic E-state index is 12.5. The summed E-state index contributed by atoms with van der Waals surface area (Å²) in [6.07, 6.45) is 5.67.